The molecule has 4 atom stereocenters. The van der Waals surface area contributed by atoms with Crippen LogP contribution in [-0.4, -0.2) is 79.8 Å². The molecule has 188 valence electrons. The van der Waals surface area contributed by atoms with Gasteiger partial charge in [-0.05, 0) is 42.4 Å². The molecule has 3 aromatic rings. The van der Waals surface area contributed by atoms with Crippen LogP contribution >= 0.6 is 0 Å². The molecule has 2 aromatic heterocycles. The second kappa shape index (κ2) is 8.66. The first-order valence-electron chi connectivity index (χ1n) is 12.0. The topological polar surface area (TPSA) is 73.1 Å². The first-order chi connectivity index (χ1) is 17.3. The number of halogens is 4. The lowest BCUT2D eigenvalue weighted by atomic mass is 9.29. The molecular formula is C22H23B4F4N5O2. The highest BCUT2D eigenvalue weighted by atomic mass is 19.4. The fourth-order valence-electron chi connectivity index (χ4n) is 5.84. The van der Waals surface area contributed by atoms with Gasteiger partial charge >= 0.3 is 6.18 Å². The van der Waals surface area contributed by atoms with Crippen LogP contribution in [0, 0.1) is 11.7 Å². The molecule has 0 spiro atoms. The summed E-state index contributed by atoms with van der Waals surface area (Å²) in [5, 5.41) is 7.72. The van der Waals surface area contributed by atoms with Gasteiger partial charge in [0.15, 0.2) is 5.82 Å². The van der Waals surface area contributed by atoms with Crippen LogP contribution in [0.5, 0.6) is 5.88 Å². The van der Waals surface area contributed by atoms with E-state index in [-0.39, 0.29) is 40.1 Å². The maximum absolute atomic E-state index is 15.0. The van der Waals surface area contributed by atoms with E-state index in [0.29, 0.717) is 12.8 Å². The van der Waals surface area contributed by atoms with Gasteiger partial charge in [-0.2, -0.15) is 23.4 Å². The summed E-state index contributed by atoms with van der Waals surface area (Å²) in [6.45, 7) is 0. The monoisotopic (exact) mass is 509 g/mol. The van der Waals surface area contributed by atoms with Crippen LogP contribution in [0.1, 0.15) is 28.8 Å². The predicted molar refractivity (Wildman–Crippen MR) is 137 cm³/mol. The first kappa shape index (κ1) is 25.4. The molecule has 0 N–H and O–H groups in total. The Morgan fingerprint density at radius 2 is 1.78 bits per heavy atom. The Morgan fingerprint density at radius 3 is 2.38 bits per heavy atom. The molecule has 1 amide bonds. The van der Waals surface area contributed by atoms with E-state index in [2.05, 4.69) is 38.7 Å². The van der Waals surface area contributed by atoms with Crippen molar-refractivity contribution in [2.24, 2.45) is 5.92 Å². The number of fused-ring (bicyclic) bond motifs is 2. The average molecular weight is 509 g/mol. The first-order valence-corrected chi connectivity index (χ1v) is 12.0. The Morgan fingerprint density at radius 1 is 1.08 bits per heavy atom. The molecule has 2 aliphatic rings. The predicted octanol–water partition coefficient (Wildman–Crippen LogP) is -0.195. The summed E-state index contributed by atoms with van der Waals surface area (Å²) < 4.78 is 59.9. The molecule has 7 nitrogen and oxygen atoms in total. The summed E-state index contributed by atoms with van der Waals surface area (Å²) in [6, 6.07) is 6.00. The molecule has 1 aliphatic heterocycles. The number of amides is 1. The number of carbonyl (C=O) groups is 1. The Bertz CT molecular complexity index is 1320. The van der Waals surface area contributed by atoms with Gasteiger partial charge in [-0.25, -0.2) is 9.37 Å². The number of pyridine rings is 1. The average Bonchev–Trinajstić information content (AvgIpc) is 3.54. The molecule has 2 bridgehead atoms. The van der Waals surface area contributed by atoms with Gasteiger partial charge in [-0.15, -0.1) is 4.80 Å². The Labute approximate surface area is 214 Å². The van der Waals surface area contributed by atoms with Crippen LogP contribution in [0.2, 0.25) is 5.11 Å². The Kier molecular flexibility index (Phi) is 5.95. The molecule has 37 heavy (non-hydrogen) atoms. The van der Waals surface area contributed by atoms with Crippen molar-refractivity contribution in [3.63, 3.8) is 0 Å². The molecule has 5 rings (SSSR count). The van der Waals surface area contributed by atoms with E-state index in [1.807, 2.05) is 7.85 Å². The highest BCUT2D eigenvalue weighted by Crippen LogP contribution is 2.56. The number of aromatic nitrogens is 4. The van der Waals surface area contributed by atoms with E-state index in [0.717, 1.165) is 17.1 Å². The van der Waals surface area contributed by atoms with Crippen molar-refractivity contribution in [1.82, 2.24) is 24.9 Å². The zero-order valence-corrected chi connectivity index (χ0v) is 20.8. The zero-order chi connectivity index (χ0) is 26.8. The van der Waals surface area contributed by atoms with Crippen LogP contribution in [0.4, 0.5) is 17.6 Å². The molecular weight excluding hydrogens is 486 g/mol. The smallest absolute Gasteiger partial charge is 0.417 e. The highest BCUT2D eigenvalue weighted by molar-refractivity contribution is 6.62. The summed E-state index contributed by atoms with van der Waals surface area (Å²) >= 11 is 0. The lowest BCUT2D eigenvalue weighted by molar-refractivity contribution is -0.137. The molecule has 15 heteroatoms. The van der Waals surface area contributed by atoms with E-state index in [1.165, 1.54) is 30.6 Å². The van der Waals surface area contributed by atoms with Gasteiger partial charge in [0.1, 0.15) is 19.6 Å². The molecule has 0 radical (unpaired) electrons. The van der Waals surface area contributed by atoms with Gasteiger partial charge in [-0.1, -0.05) is 11.2 Å². The van der Waals surface area contributed by atoms with Crippen molar-refractivity contribution in [2.75, 3.05) is 0 Å². The van der Waals surface area contributed by atoms with Crippen LogP contribution in [0.3, 0.4) is 0 Å². The van der Waals surface area contributed by atoms with Crippen molar-refractivity contribution < 1.29 is 27.1 Å². The fourth-order valence-corrected chi connectivity index (χ4v) is 5.84. The zero-order valence-electron chi connectivity index (χ0n) is 20.8. The van der Waals surface area contributed by atoms with Crippen molar-refractivity contribution in [3.05, 3.63) is 65.9 Å². The van der Waals surface area contributed by atoms with Crippen LogP contribution in [-0.2, 0) is 6.18 Å². The SMILES string of the molecule is BC(B)(B)C1(B)C2CC(Oc3ccc(C(F)(F)F)cn3)C(C2)N1C(=O)c1cccc(F)c1-n1nccn1. The summed E-state index contributed by atoms with van der Waals surface area (Å²) in [7, 11) is 8.21. The van der Waals surface area contributed by atoms with E-state index < -0.39 is 29.1 Å². The van der Waals surface area contributed by atoms with Gasteiger partial charge in [0.25, 0.3) is 5.91 Å². The lowest BCUT2D eigenvalue weighted by Gasteiger charge is -2.55. The van der Waals surface area contributed by atoms with Crippen LogP contribution in [0.15, 0.2) is 48.9 Å². The number of hydrogen-bond acceptors (Lipinski definition) is 5. The van der Waals surface area contributed by atoms with Gasteiger partial charge in [0.2, 0.25) is 5.88 Å². The minimum absolute atomic E-state index is 0.0431. The highest BCUT2D eigenvalue weighted by Gasteiger charge is 2.63. The molecule has 3 heterocycles. The third-order valence-corrected chi connectivity index (χ3v) is 8.01. The summed E-state index contributed by atoms with van der Waals surface area (Å²) in [6.07, 6.45) is -0.176. The summed E-state index contributed by atoms with van der Waals surface area (Å²) in [5.74, 6) is -0.903. The van der Waals surface area contributed by atoms with E-state index in [1.54, 1.807) is 11.0 Å². The molecule has 1 aliphatic carbocycles. The number of alkyl halides is 3. The number of carbonyl (C=O) groups excluding carboxylic acids is 1. The molecule has 1 aromatic carbocycles. The summed E-state index contributed by atoms with van der Waals surface area (Å²) in [5.41, 5.74) is -1.39. The number of ether oxygens (including phenoxy) is 1. The molecule has 1 saturated carbocycles. The minimum Gasteiger partial charge on any atom is -0.472 e. The molecule has 2 fully saturated rings. The normalized spacial score (nSPS) is 25.4. The van der Waals surface area contributed by atoms with E-state index in [9.17, 15) is 22.4 Å². The number of likely N-dealkylation sites (tertiary alicyclic amines) is 1. The van der Waals surface area contributed by atoms with Gasteiger partial charge in [-0.3, -0.25) is 4.79 Å². The van der Waals surface area contributed by atoms with Gasteiger partial charge in [0.05, 0.1) is 53.1 Å². The number of piperidine rings is 1. The third-order valence-electron chi connectivity index (χ3n) is 8.01. The van der Waals surface area contributed by atoms with Crippen molar-refractivity contribution in [2.45, 2.75) is 41.7 Å². The number of benzene rings is 1. The van der Waals surface area contributed by atoms with Crippen LogP contribution in [0.25, 0.3) is 5.69 Å². The van der Waals surface area contributed by atoms with Crippen molar-refractivity contribution in [1.29, 1.82) is 0 Å². The van der Waals surface area contributed by atoms with Crippen molar-refractivity contribution in [3.8, 4) is 11.6 Å². The molecule has 1 saturated heterocycles. The fraction of sp³-hybridized carbons (Fsp3) is 0.364. The van der Waals surface area contributed by atoms with Gasteiger partial charge in [0, 0.05) is 12.3 Å². The second-order valence-electron chi connectivity index (χ2n) is 10.8. The third kappa shape index (κ3) is 4.12. The standard InChI is InChI=1S/C22H23B4F4N5O2/c23-20(22(24,25)26)12-8-15(16(9-12)37-17-5-4-11(10-31-17)21(28,29)30)34(20)19(36)13-2-1-3-14(27)18(13)35-32-6-7-33-35/h1-7,10,12,15-16H,8-9,23-26H2. The minimum atomic E-state index is -4.50. The lowest BCUT2D eigenvalue weighted by Crippen LogP contribution is -2.66. The molecule has 4 unspecified atom stereocenters. The number of nitrogens with zero attached hydrogens (tertiary/aromatic N) is 5. The van der Waals surface area contributed by atoms with Crippen molar-refractivity contribution >= 4 is 37.3 Å². The number of hydrogen-bond donors (Lipinski definition) is 0. The second-order valence-corrected chi connectivity index (χ2v) is 10.8. The Hall–Kier alpha value is -3.24. The quantitative estimate of drug-likeness (QED) is 0.353. The number of para-hydroxylation sites is 1. The van der Waals surface area contributed by atoms with Gasteiger partial charge < -0.3 is 9.64 Å². The maximum atomic E-state index is 15.0. The van der Waals surface area contributed by atoms with Crippen LogP contribution < -0.4 is 4.74 Å². The largest absolute Gasteiger partial charge is 0.472 e. The number of rotatable bonds is 5. The summed E-state index contributed by atoms with van der Waals surface area (Å²) in [4.78, 5) is 20.9. The Balaban J connectivity index is 1.51. The van der Waals surface area contributed by atoms with E-state index in [4.69, 9.17) is 4.74 Å². The maximum Gasteiger partial charge on any atom is 0.417 e. The van der Waals surface area contributed by atoms with E-state index >= 15 is 0 Å².